The highest BCUT2D eigenvalue weighted by atomic mass is 32.1. The minimum atomic E-state index is 0.149. The van der Waals surface area contributed by atoms with E-state index in [1.165, 1.54) is 4.88 Å². The lowest BCUT2D eigenvalue weighted by molar-refractivity contribution is 0.0711. The number of rotatable bonds is 2. The van der Waals surface area contributed by atoms with Crippen LogP contribution in [0, 0.1) is 6.92 Å². The molecule has 3 aromatic rings. The molecule has 1 atom stereocenters. The van der Waals surface area contributed by atoms with Gasteiger partial charge in [-0.05, 0) is 44.0 Å². The normalized spacial score (nSPS) is 18.2. The van der Waals surface area contributed by atoms with Crippen LogP contribution in [0.15, 0.2) is 30.5 Å². The van der Waals surface area contributed by atoms with E-state index in [1.54, 1.807) is 17.5 Å². The second kappa shape index (κ2) is 6.02. The predicted octanol–water partition coefficient (Wildman–Crippen LogP) is 3.36. The third-order valence-electron chi connectivity index (χ3n) is 4.67. The molecule has 0 unspecified atom stereocenters. The molecule has 0 N–H and O–H groups in total. The summed E-state index contributed by atoms with van der Waals surface area (Å²) in [6, 6.07) is 7.98. The van der Waals surface area contributed by atoms with Crippen LogP contribution in [0.3, 0.4) is 0 Å². The number of hydrogen-bond donors (Lipinski definition) is 0. The number of likely N-dealkylation sites (tertiary alicyclic amines) is 1. The standard InChI is InChI=1S/C18H20N4OS/c1-12-7-8-15(24-12)18(23)22-10-4-5-13(11-22)16-14-6-3-9-19-17(14)21(2)20-16/h3,6-9,13H,4-5,10-11H2,1-2H3/t13-/m1/s1. The molecule has 3 aromatic heterocycles. The Morgan fingerprint density at radius 2 is 2.21 bits per heavy atom. The maximum Gasteiger partial charge on any atom is 0.263 e. The van der Waals surface area contributed by atoms with E-state index in [1.807, 2.05) is 41.8 Å². The lowest BCUT2D eigenvalue weighted by Gasteiger charge is -2.31. The van der Waals surface area contributed by atoms with Crippen LogP contribution in [-0.2, 0) is 7.05 Å². The molecule has 1 saturated heterocycles. The van der Waals surface area contributed by atoms with Crippen LogP contribution in [0.4, 0.5) is 0 Å². The molecule has 1 amide bonds. The quantitative estimate of drug-likeness (QED) is 0.719. The van der Waals surface area contributed by atoms with Gasteiger partial charge in [-0.3, -0.25) is 9.48 Å². The maximum absolute atomic E-state index is 12.8. The third-order valence-corrected chi connectivity index (χ3v) is 5.66. The van der Waals surface area contributed by atoms with Crippen molar-refractivity contribution in [1.29, 1.82) is 0 Å². The van der Waals surface area contributed by atoms with E-state index < -0.39 is 0 Å². The SMILES string of the molecule is Cc1ccc(C(=O)N2CCC[C@@H](c3nn(C)c4ncccc34)C2)s1. The first-order valence-electron chi connectivity index (χ1n) is 8.27. The number of thiophene rings is 1. The Labute approximate surface area is 144 Å². The number of fused-ring (bicyclic) bond motifs is 1. The average Bonchev–Trinajstić information content (AvgIpc) is 3.19. The Morgan fingerprint density at radius 1 is 1.33 bits per heavy atom. The molecule has 5 nitrogen and oxygen atoms in total. The van der Waals surface area contributed by atoms with Gasteiger partial charge in [0.25, 0.3) is 5.91 Å². The molecule has 24 heavy (non-hydrogen) atoms. The number of carbonyl (C=O) groups is 1. The molecule has 0 aliphatic carbocycles. The summed E-state index contributed by atoms with van der Waals surface area (Å²) in [5, 5.41) is 5.81. The highest BCUT2D eigenvalue weighted by Crippen LogP contribution is 2.31. The first kappa shape index (κ1) is 15.3. The fraction of sp³-hybridized carbons (Fsp3) is 0.389. The van der Waals surface area contributed by atoms with Gasteiger partial charge in [0.2, 0.25) is 0 Å². The minimum absolute atomic E-state index is 0.149. The molecule has 1 fully saturated rings. The molecule has 0 bridgehead atoms. The molecule has 6 heteroatoms. The van der Waals surface area contributed by atoms with Crippen LogP contribution in [0.25, 0.3) is 11.0 Å². The summed E-state index contributed by atoms with van der Waals surface area (Å²) in [5.41, 5.74) is 1.98. The number of pyridine rings is 1. The van der Waals surface area contributed by atoms with Gasteiger partial charge in [-0.1, -0.05) is 0 Å². The summed E-state index contributed by atoms with van der Waals surface area (Å²) in [6.45, 7) is 3.60. The monoisotopic (exact) mass is 340 g/mol. The van der Waals surface area contributed by atoms with Gasteiger partial charge in [-0.15, -0.1) is 11.3 Å². The second-order valence-corrected chi connectivity index (χ2v) is 7.67. The van der Waals surface area contributed by atoms with Crippen LogP contribution in [0.2, 0.25) is 0 Å². The average molecular weight is 340 g/mol. The number of aryl methyl sites for hydroxylation is 2. The first-order valence-corrected chi connectivity index (χ1v) is 9.08. The zero-order chi connectivity index (χ0) is 16.7. The van der Waals surface area contributed by atoms with E-state index in [-0.39, 0.29) is 11.8 Å². The zero-order valence-corrected chi connectivity index (χ0v) is 14.7. The van der Waals surface area contributed by atoms with Crippen molar-refractivity contribution in [3.63, 3.8) is 0 Å². The first-order chi connectivity index (χ1) is 11.6. The lowest BCUT2D eigenvalue weighted by Crippen LogP contribution is -2.39. The summed E-state index contributed by atoms with van der Waals surface area (Å²) < 4.78 is 1.84. The second-order valence-electron chi connectivity index (χ2n) is 6.38. The molecule has 0 spiro atoms. The van der Waals surface area contributed by atoms with E-state index in [0.717, 1.165) is 47.5 Å². The highest BCUT2D eigenvalue weighted by molar-refractivity contribution is 7.13. The Balaban J connectivity index is 1.61. The smallest absolute Gasteiger partial charge is 0.263 e. The molecule has 1 aliphatic rings. The summed E-state index contributed by atoms with van der Waals surface area (Å²) >= 11 is 1.57. The highest BCUT2D eigenvalue weighted by Gasteiger charge is 2.29. The van der Waals surface area contributed by atoms with Gasteiger partial charge in [0.1, 0.15) is 0 Å². The third kappa shape index (κ3) is 2.60. The van der Waals surface area contributed by atoms with Crippen LogP contribution in [0.1, 0.15) is 39.0 Å². The molecule has 1 aliphatic heterocycles. The summed E-state index contributed by atoms with van der Waals surface area (Å²) in [4.78, 5) is 21.2. The van der Waals surface area contributed by atoms with Crippen LogP contribution in [-0.4, -0.2) is 38.7 Å². The Bertz CT molecular complexity index is 897. The van der Waals surface area contributed by atoms with Gasteiger partial charge in [0, 0.05) is 42.5 Å². The van der Waals surface area contributed by atoms with Crippen molar-refractivity contribution >= 4 is 28.3 Å². The topological polar surface area (TPSA) is 51.0 Å². The number of piperidine rings is 1. The molecule has 4 rings (SSSR count). The van der Waals surface area contributed by atoms with Crippen molar-refractivity contribution < 1.29 is 4.79 Å². The fourth-order valence-electron chi connectivity index (χ4n) is 3.51. The Morgan fingerprint density at radius 3 is 3.00 bits per heavy atom. The van der Waals surface area contributed by atoms with Crippen LogP contribution in [0.5, 0.6) is 0 Å². The van der Waals surface area contributed by atoms with E-state index in [2.05, 4.69) is 11.1 Å². The van der Waals surface area contributed by atoms with E-state index in [9.17, 15) is 4.79 Å². The van der Waals surface area contributed by atoms with Crippen molar-refractivity contribution in [3.05, 3.63) is 45.9 Å². The molecule has 0 aromatic carbocycles. The van der Waals surface area contributed by atoms with E-state index in [0.29, 0.717) is 0 Å². The van der Waals surface area contributed by atoms with Gasteiger partial charge in [-0.25, -0.2) is 4.98 Å². The van der Waals surface area contributed by atoms with Crippen molar-refractivity contribution in [3.8, 4) is 0 Å². The van der Waals surface area contributed by atoms with Gasteiger partial charge >= 0.3 is 0 Å². The fourth-order valence-corrected chi connectivity index (χ4v) is 4.34. The Hall–Kier alpha value is -2.21. The number of hydrogen-bond acceptors (Lipinski definition) is 4. The lowest BCUT2D eigenvalue weighted by atomic mass is 9.93. The molecule has 0 radical (unpaired) electrons. The van der Waals surface area contributed by atoms with Crippen molar-refractivity contribution in [2.45, 2.75) is 25.7 Å². The number of nitrogens with zero attached hydrogens (tertiary/aromatic N) is 4. The molecular weight excluding hydrogens is 320 g/mol. The predicted molar refractivity (Wildman–Crippen MR) is 95.4 cm³/mol. The van der Waals surface area contributed by atoms with Crippen molar-refractivity contribution in [1.82, 2.24) is 19.7 Å². The van der Waals surface area contributed by atoms with Crippen LogP contribution >= 0.6 is 11.3 Å². The molecular formula is C18H20N4OS. The number of amides is 1. The van der Waals surface area contributed by atoms with Gasteiger partial charge in [0.05, 0.1) is 10.6 Å². The number of carbonyl (C=O) groups excluding carboxylic acids is 1. The molecule has 0 saturated carbocycles. The zero-order valence-electron chi connectivity index (χ0n) is 13.9. The molecule has 4 heterocycles. The van der Waals surface area contributed by atoms with E-state index in [4.69, 9.17) is 5.10 Å². The summed E-state index contributed by atoms with van der Waals surface area (Å²) in [5.74, 6) is 0.424. The van der Waals surface area contributed by atoms with Gasteiger partial charge in [0.15, 0.2) is 5.65 Å². The summed E-state index contributed by atoms with van der Waals surface area (Å²) in [6.07, 6.45) is 3.87. The van der Waals surface area contributed by atoms with E-state index >= 15 is 0 Å². The van der Waals surface area contributed by atoms with Crippen molar-refractivity contribution in [2.75, 3.05) is 13.1 Å². The summed E-state index contributed by atoms with van der Waals surface area (Å²) in [7, 11) is 1.93. The van der Waals surface area contributed by atoms with Crippen molar-refractivity contribution in [2.24, 2.45) is 7.05 Å². The largest absolute Gasteiger partial charge is 0.337 e. The molecule has 124 valence electrons. The van der Waals surface area contributed by atoms with Gasteiger partial charge < -0.3 is 4.90 Å². The minimum Gasteiger partial charge on any atom is -0.337 e. The maximum atomic E-state index is 12.8. The van der Waals surface area contributed by atoms with Crippen LogP contribution < -0.4 is 0 Å². The van der Waals surface area contributed by atoms with Gasteiger partial charge in [-0.2, -0.15) is 5.10 Å². The number of aromatic nitrogens is 3. The Kier molecular flexibility index (Phi) is 3.84.